The molecule has 19 heavy (non-hydrogen) atoms. The summed E-state index contributed by atoms with van der Waals surface area (Å²) < 4.78 is 0. The molecule has 1 N–H and O–H groups in total. The van der Waals surface area contributed by atoms with Crippen LogP contribution in [0.3, 0.4) is 0 Å². The third kappa shape index (κ3) is 1.57. The summed E-state index contributed by atoms with van der Waals surface area (Å²) in [5, 5.41) is 13.7. The predicted molar refractivity (Wildman–Crippen MR) is 77.1 cm³/mol. The van der Waals surface area contributed by atoms with E-state index < -0.39 is 5.60 Å². The van der Waals surface area contributed by atoms with E-state index in [9.17, 15) is 5.11 Å². The Morgan fingerprint density at radius 1 is 1.05 bits per heavy atom. The van der Waals surface area contributed by atoms with Gasteiger partial charge in [0.25, 0.3) is 0 Å². The van der Waals surface area contributed by atoms with E-state index in [1.807, 2.05) is 0 Å². The molecule has 2 unspecified atom stereocenters. The molecule has 2 aromatic rings. The molecule has 2 aromatic carbocycles. The van der Waals surface area contributed by atoms with Crippen molar-refractivity contribution in [2.24, 2.45) is 0 Å². The van der Waals surface area contributed by atoms with Crippen molar-refractivity contribution in [1.82, 2.24) is 4.90 Å². The summed E-state index contributed by atoms with van der Waals surface area (Å²) in [7, 11) is 0. The second-order valence-corrected chi connectivity index (χ2v) is 5.89. The molecule has 0 bridgehead atoms. The summed E-state index contributed by atoms with van der Waals surface area (Å²) in [6, 6.07) is 15.0. The van der Waals surface area contributed by atoms with Gasteiger partial charge in [-0.15, -0.1) is 0 Å². The van der Waals surface area contributed by atoms with Gasteiger partial charge in [0.2, 0.25) is 0 Å². The van der Waals surface area contributed by atoms with Gasteiger partial charge >= 0.3 is 0 Å². The topological polar surface area (TPSA) is 23.5 Å². The largest absolute Gasteiger partial charge is 0.383 e. The molecule has 0 amide bonds. The zero-order chi connectivity index (χ0) is 12.9. The van der Waals surface area contributed by atoms with Gasteiger partial charge in [-0.25, -0.2) is 0 Å². The maximum Gasteiger partial charge on any atom is 0.107 e. The molecule has 0 aromatic heterocycles. The van der Waals surface area contributed by atoms with Crippen molar-refractivity contribution in [3.63, 3.8) is 0 Å². The number of hydrogen-bond donors (Lipinski definition) is 1. The van der Waals surface area contributed by atoms with E-state index in [4.69, 9.17) is 0 Å². The first kappa shape index (κ1) is 11.4. The van der Waals surface area contributed by atoms with Crippen LogP contribution in [0.2, 0.25) is 0 Å². The van der Waals surface area contributed by atoms with Crippen LogP contribution in [-0.2, 0) is 5.60 Å². The van der Waals surface area contributed by atoms with Crippen molar-refractivity contribution >= 4 is 10.8 Å². The molecule has 98 valence electrons. The molecular weight excluding hydrogens is 234 g/mol. The summed E-state index contributed by atoms with van der Waals surface area (Å²) >= 11 is 0. The van der Waals surface area contributed by atoms with E-state index in [-0.39, 0.29) is 0 Å². The molecule has 2 atom stereocenters. The van der Waals surface area contributed by atoms with Gasteiger partial charge in [-0.1, -0.05) is 42.5 Å². The Kier molecular flexibility index (Phi) is 2.44. The lowest BCUT2D eigenvalue weighted by atomic mass is 9.82. The lowest BCUT2D eigenvalue weighted by Gasteiger charge is -2.31. The normalized spacial score (nSPS) is 30.9. The van der Waals surface area contributed by atoms with Crippen LogP contribution in [0.4, 0.5) is 0 Å². The standard InChI is InChI=1S/C17H19NO/c19-17(10-12-18-11-4-9-16(17)18)15-8-3-6-13-5-1-2-7-14(13)15/h1-3,5-8,16,19H,4,9-12H2. The molecule has 2 aliphatic rings. The van der Waals surface area contributed by atoms with E-state index in [1.165, 1.54) is 17.2 Å². The minimum atomic E-state index is -0.655. The zero-order valence-electron chi connectivity index (χ0n) is 11.0. The fourth-order valence-electron chi connectivity index (χ4n) is 4.03. The number of nitrogens with zero attached hydrogens (tertiary/aromatic N) is 1. The predicted octanol–water partition coefficient (Wildman–Crippen LogP) is 2.90. The summed E-state index contributed by atoms with van der Waals surface area (Å²) in [4.78, 5) is 2.46. The Morgan fingerprint density at radius 2 is 1.89 bits per heavy atom. The van der Waals surface area contributed by atoms with E-state index in [0.717, 1.165) is 31.5 Å². The third-order valence-corrected chi connectivity index (χ3v) is 4.95. The Balaban J connectivity index is 1.90. The van der Waals surface area contributed by atoms with Crippen LogP contribution in [0.1, 0.15) is 24.8 Å². The lowest BCUT2D eigenvalue weighted by Crippen LogP contribution is -2.38. The molecular formula is C17H19NO. The first-order chi connectivity index (χ1) is 9.29. The van der Waals surface area contributed by atoms with Gasteiger partial charge in [-0.3, -0.25) is 4.90 Å². The fourth-order valence-corrected chi connectivity index (χ4v) is 4.03. The molecule has 0 aliphatic carbocycles. The minimum Gasteiger partial charge on any atom is -0.383 e. The number of aliphatic hydroxyl groups is 1. The van der Waals surface area contributed by atoms with Crippen LogP contribution in [0, 0.1) is 0 Å². The first-order valence-corrected chi connectivity index (χ1v) is 7.24. The molecule has 0 spiro atoms. The number of hydrogen-bond acceptors (Lipinski definition) is 2. The van der Waals surface area contributed by atoms with Crippen molar-refractivity contribution < 1.29 is 5.11 Å². The zero-order valence-corrected chi connectivity index (χ0v) is 11.0. The van der Waals surface area contributed by atoms with Crippen molar-refractivity contribution in [1.29, 1.82) is 0 Å². The highest BCUT2D eigenvalue weighted by Crippen LogP contribution is 2.44. The van der Waals surface area contributed by atoms with Gasteiger partial charge in [0.1, 0.15) is 5.60 Å². The molecule has 2 nitrogen and oxygen atoms in total. The van der Waals surface area contributed by atoms with Gasteiger partial charge in [0.15, 0.2) is 0 Å². The second-order valence-electron chi connectivity index (χ2n) is 5.89. The molecule has 0 radical (unpaired) electrons. The molecule has 2 heteroatoms. The van der Waals surface area contributed by atoms with Crippen LogP contribution in [0.25, 0.3) is 10.8 Å². The highest BCUT2D eigenvalue weighted by Gasteiger charge is 2.49. The molecule has 2 heterocycles. The minimum absolute atomic E-state index is 0.318. The van der Waals surface area contributed by atoms with Crippen molar-refractivity contribution in [3.05, 3.63) is 48.0 Å². The summed E-state index contributed by atoms with van der Waals surface area (Å²) in [6.45, 7) is 2.18. The average molecular weight is 253 g/mol. The quantitative estimate of drug-likeness (QED) is 0.844. The Morgan fingerprint density at radius 3 is 2.84 bits per heavy atom. The van der Waals surface area contributed by atoms with E-state index in [2.05, 4.69) is 47.4 Å². The summed E-state index contributed by atoms with van der Waals surface area (Å²) in [5.74, 6) is 0. The van der Waals surface area contributed by atoms with Crippen LogP contribution in [0.15, 0.2) is 42.5 Å². The molecule has 2 saturated heterocycles. The first-order valence-electron chi connectivity index (χ1n) is 7.24. The maximum atomic E-state index is 11.3. The monoisotopic (exact) mass is 253 g/mol. The average Bonchev–Trinajstić information content (AvgIpc) is 3.03. The SMILES string of the molecule is OC1(c2cccc3ccccc23)CCN2CCCC21. The van der Waals surface area contributed by atoms with E-state index >= 15 is 0 Å². The summed E-state index contributed by atoms with van der Waals surface area (Å²) in [6.07, 6.45) is 3.21. The fraction of sp³-hybridized carbons (Fsp3) is 0.412. The third-order valence-electron chi connectivity index (χ3n) is 4.95. The van der Waals surface area contributed by atoms with Crippen molar-refractivity contribution in [3.8, 4) is 0 Å². The van der Waals surface area contributed by atoms with Crippen LogP contribution in [-0.4, -0.2) is 29.1 Å². The Labute approximate surface area is 113 Å². The Hall–Kier alpha value is -1.38. The van der Waals surface area contributed by atoms with Gasteiger partial charge in [0.05, 0.1) is 0 Å². The highest BCUT2D eigenvalue weighted by molar-refractivity contribution is 5.86. The summed E-state index contributed by atoms with van der Waals surface area (Å²) in [5.41, 5.74) is 0.470. The van der Waals surface area contributed by atoms with Gasteiger partial charge < -0.3 is 5.11 Å². The molecule has 2 aliphatic heterocycles. The van der Waals surface area contributed by atoms with Crippen molar-refractivity contribution in [2.45, 2.75) is 30.9 Å². The molecule has 0 saturated carbocycles. The van der Waals surface area contributed by atoms with E-state index in [0.29, 0.717) is 6.04 Å². The van der Waals surface area contributed by atoms with Gasteiger partial charge in [-0.2, -0.15) is 0 Å². The number of rotatable bonds is 1. The highest BCUT2D eigenvalue weighted by atomic mass is 16.3. The second kappa shape index (κ2) is 4.06. The number of fused-ring (bicyclic) bond motifs is 2. The van der Waals surface area contributed by atoms with Crippen LogP contribution >= 0.6 is 0 Å². The van der Waals surface area contributed by atoms with Crippen LogP contribution in [0.5, 0.6) is 0 Å². The lowest BCUT2D eigenvalue weighted by molar-refractivity contribution is 0.0108. The molecule has 2 fully saturated rings. The maximum absolute atomic E-state index is 11.3. The van der Waals surface area contributed by atoms with Gasteiger partial charge in [0, 0.05) is 12.6 Å². The van der Waals surface area contributed by atoms with E-state index in [1.54, 1.807) is 0 Å². The van der Waals surface area contributed by atoms with Crippen LogP contribution < -0.4 is 0 Å². The Bertz CT molecular complexity index is 618. The smallest absolute Gasteiger partial charge is 0.107 e. The molecule has 4 rings (SSSR count). The van der Waals surface area contributed by atoms with Crippen molar-refractivity contribution in [2.75, 3.05) is 13.1 Å². The number of benzene rings is 2. The van der Waals surface area contributed by atoms with Gasteiger partial charge in [-0.05, 0) is 42.1 Å².